The summed E-state index contributed by atoms with van der Waals surface area (Å²) in [5, 5.41) is 30.5. The summed E-state index contributed by atoms with van der Waals surface area (Å²) < 4.78 is 10.3. The molecule has 47 heavy (non-hydrogen) atoms. The van der Waals surface area contributed by atoms with Gasteiger partial charge >= 0.3 is 11.9 Å². The number of aliphatic hydroxyl groups excluding tert-OH is 3. The van der Waals surface area contributed by atoms with Crippen LogP contribution in [0.5, 0.6) is 0 Å². The van der Waals surface area contributed by atoms with Crippen molar-refractivity contribution < 1.29 is 39.2 Å². The molecule has 8 nitrogen and oxygen atoms in total. The minimum Gasteiger partial charge on any atom is -0.463 e. The van der Waals surface area contributed by atoms with Crippen LogP contribution in [0.3, 0.4) is 0 Å². The van der Waals surface area contributed by atoms with Gasteiger partial charge in [0.05, 0.1) is 12.2 Å². The lowest BCUT2D eigenvalue weighted by atomic mass is 9.90. The van der Waals surface area contributed by atoms with Crippen LogP contribution in [0.15, 0.2) is 24.3 Å². The Morgan fingerprint density at radius 3 is 1.83 bits per heavy atom. The highest BCUT2D eigenvalue weighted by Gasteiger charge is 2.39. The van der Waals surface area contributed by atoms with Crippen molar-refractivity contribution in [1.82, 2.24) is 0 Å². The number of ketones is 1. The largest absolute Gasteiger partial charge is 0.463 e. The molecule has 0 radical (unpaired) electrons. The Bertz CT molecular complexity index is 869. The molecule has 1 aliphatic carbocycles. The Hall–Kier alpha value is -2.03. The number of hydrogen-bond acceptors (Lipinski definition) is 8. The number of Topliss-reactive ketones (excluding diaryl/α,β-unsaturated/α-hetero) is 1. The molecule has 1 saturated carbocycles. The predicted octanol–water partition coefficient (Wildman–Crippen LogP) is 8.10. The summed E-state index contributed by atoms with van der Waals surface area (Å²) in [5.41, 5.74) is 0. The van der Waals surface area contributed by atoms with E-state index in [2.05, 4.69) is 13.8 Å². The van der Waals surface area contributed by atoms with Gasteiger partial charge in [-0.3, -0.25) is 14.4 Å². The SMILES string of the molecule is CCCCCCCCCCCCCCCC(=O)OC[C@H](O)COC(=O)CCC/C=C\C[C@H]1C(=O)C[C@@H](O)[C@@H]1/C=C/[C@@H](O)CCCCC. The molecule has 0 aromatic heterocycles. The maximum absolute atomic E-state index is 12.4. The molecule has 0 bridgehead atoms. The Labute approximate surface area is 285 Å². The molecule has 1 aliphatic rings. The van der Waals surface area contributed by atoms with Crippen molar-refractivity contribution in [2.75, 3.05) is 13.2 Å². The molecular formula is C39H68O8. The van der Waals surface area contributed by atoms with E-state index in [1.54, 1.807) is 12.2 Å². The van der Waals surface area contributed by atoms with Crippen LogP contribution in [0, 0.1) is 11.8 Å². The average molecular weight is 665 g/mol. The fourth-order valence-corrected chi connectivity index (χ4v) is 6.07. The maximum Gasteiger partial charge on any atom is 0.305 e. The second-order valence-corrected chi connectivity index (χ2v) is 13.5. The summed E-state index contributed by atoms with van der Waals surface area (Å²) in [6.07, 6.45) is 27.3. The lowest BCUT2D eigenvalue weighted by Crippen LogP contribution is -2.25. The van der Waals surface area contributed by atoms with E-state index in [4.69, 9.17) is 9.47 Å². The van der Waals surface area contributed by atoms with Crippen molar-refractivity contribution in [2.24, 2.45) is 11.8 Å². The highest BCUT2D eigenvalue weighted by atomic mass is 16.6. The lowest BCUT2D eigenvalue weighted by Gasteiger charge is -2.16. The minimum absolute atomic E-state index is 0.0321. The summed E-state index contributed by atoms with van der Waals surface area (Å²) in [7, 11) is 0. The standard InChI is InChI=1S/C39H68O8/c1-3-5-7-8-9-10-11-12-13-14-15-16-21-25-38(44)46-30-33(41)31-47-39(45)26-22-18-17-20-24-34-35(37(43)29-36(34)42)28-27-32(40)23-19-6-4-2/h17,20,27-28,32-35,37,40-41,43H,3-16,18-19,21-26,29-31H2,1-2H3/b20-17-,28-27+/t32-,33-,34+,35+,37+/m0/s1. The van der Waals surface area contributed by atoms with Crippen LogP contribution in [-0.4, -0.2) is 64.6 Å². The Morgan fingerprint density at radius 2 is 1.26 bits per heavy atom. The number of aliphatic hydroxyl groups is 3. The first-order valence-electron chi connectivity index (χ1n) is 19.0. The Morgan fingerprint density at radius 1 is 0.745 bits per heavy atom. The van der Waals surface area contributed by atoms with Gasteiger partial charge in [0.15, 0.2) is 0 Å². The van der Waals surface area contributed by atoms with Gasteiger partial charge in [-0.05, 0) is 32.1 Å². The van der Waals surface area contributed by atoms with E-state index < -0.39 is 24.3 Å². The third kappa shape index (κ3) is 23.0. The van der Waals surface area contributed by atoms with Gasteiger partial charge in [-0.25, -0.2) is 0 Å². The Balaban J connectivity index is 2.07. The molecule has 0 aromatic rings. The Kier molecular flexibility index (Phi) is 26.5. The van der Waals surface area contributed by atoms with Gasteiger partial charge in [-0.1, -0.05) is 134 Å². The first kappa shape index (κ1) is 43.0. The number of allylic oxidation sites excluding steroid dienone is 2. The highest BCUT2D eigenvalue weighted by molar-refractivity contribution is 5.84. The van der Waals surface area contributed by atoms with Gasteiger partial charge < -0.3 is 24.8 Å². The van der Waals surface area contributed by atoms with E-state index >= 15 is 0 Å². The van der Waals surface area contributed by atoms with Gasteiger partial charge in [0.1, 0.15) is 25.1 Å². The van der Waals surface area contributed by atoms with Gasteiger partial charge in [0.25, 0.3) is 0 Å². The average Bonchev–Trinajstić information content (AvgIpc) is 3.32. The zero-order valence-electron chi connectivity index (χ0n) is 29.8. The summed E-state index contributed by atoms with van der Waals surface area (Å²) in [6.45, 7) is 3.96. The molecule has 0 saturated heterocycles. The van der Waals surface area contributed by atoms with E-state index in [-0.39, 0.29) is 49.6 Å². The van der Waals surface area contributed by atoms with E-state index in [9.17, 15) is 29.7 Å². The first-order valence-corrected chi connectivity index (χ1v) is 19.0. The zero-order valence-corrected chi connectivity index (χ0v) is 29.8. The monoisotopic (exact) mass is 664 g/mol. The second kappa shape index (κ2) is 28.9. The molecule has 0 spiro atoms. The van der Waals surface area contributed by atoms with E-state index in [1.165, 1.54) is 64.2 Å². The van der Waals surface area contributed by atoms with Gasteiger partial charge in [-0.2, -0.15) is 0 Å². The van der Waals surface area contributed by atoms with Crippen LogP contribution in [0.1, 0.15) is 162 Å². The van der Waals surface area contributed by atoms with Crippen molar-refractivity contribution in [3.05, 3.63) is 24.3 Å². The molecule has 5 atom stereocenters. The smallest absolute Gasteiger partial charge is 0.305 e. The van der Waals surface area contributed by atoms with E-state index in [1.807, 2.05) is 12.2 Å². The van der Waals surface area contributed by atoms with Crippen LogP contribution in [-0.2, 0) is 23.9 Å². The van der Waals surface area contributed by atoms with Crippen molar-refractivity contribution >= 4 is 17.7 Å². The summed E-state index contributed by atoms with van der Waals surface area (Å²) >= 11 is 0. The highest BCUT2D eigenvalue weighted by Crippen LogP contribution is 2.33. The number of ether oxygens (including phenoxy) is 2. The van der Waals surface area contributed by atoms with Gasteiger partial charge in [0.2, 0.25) is 0 Å². The van der Waals surface area contributed by atoms with Gasteiger partial charge in [0, 0.05) is 31.1 Å². The van der Waals surface area contributed by atoms with Crippen LogP contribution in [0.2, 0.25) is 0 Å². The number of esters is 2. The molecule has 0 aliphatic heterocycles. The van der Waals surface area contributed by atoms with Crippen LogP contribution in [0.25, 0.3) is 0 Å². The summed E-state index contributed by atoms with van der Waals surface area (Å²) in [4.78, 5) is 36.4. The number of unbranched alkanes of at least 4 members (excludes halogenated alkanes) is 15. The fraction of sp³-hybridized carbons (Fsp3) is 0.821. The molecule has 0 amide bonds. The molecule has 272 valence electrons. The molecule has 0 heterocycles. The van der Waals surface area contributed by atoms with Crippen molar-refractivity contribution in [3.8, 4) is 0 Å². The topological polar surface area (TPSA) is 130 Å². The third-order valence-electron chi connectivity index (χ3n) is 9.06. The molecule has 1 rings (SSSR count). The lowest BCUT2D eigenvalue weighted by molar-refractivity contribution is -0.152. The predicted molar refractivity (Wildman–Crippen MR) is 188 cm³/mol. The quantitative estimate of drug-likeness (QED) is 0.0399. The third-order valence-corrected chi connectivity index (χ3v) is 9.06. The fourth-order valence-electron chi connectivity index (χ4n) is 6.07. The molecule has 8 heteroatoms. The van der Waals surface area contributed by atoms with Crippen molar-refractivity contribution in [3.63, 3.8) is 0 Å². The normalized spacial score (nSPS) is 19.5. The number of rotatable bonds is 30. The van der Waals surface area contributed by atoms with E-state index in [0.29, 0.717) is 32.1 Å². The molecule has 1 fully saturated rings. The number of hydrogen-bond donors (Lipinski definition) is 3. The van der Waals surface area contributed by atoms with Crippen LogP contribution >= 0.6 is 0 Å². The molecule has 0 aromatic carbocycles. The van der Waals surface area contributed by atoms with Crippen molar-refractivity contribution in [2.45, 2.75) is 180 Å². The van der Waals surface area contributed by atoms with Crippen molar-refractivity contribution in [1.29, 1.82) is 0 Å². The number of carbonyl (C=O) groups is 3. The first-order chi connectivity index (χ1) is 22.8. The zero-order chi connectivity index (χ0) is 34.5. The van der Waals surface area contributed by atoms with Crippen LogP contribution in [0.4, 0.5) is 0 Å². The molecular weight excluding hydrogens is 596 g/mol. The molecule has 3 N–H and O–H groups in total. The van der Waals surface area contributed by atoms with Gasteiger partial charge in [-0.15, -0.1) is 0 Å². The van der Waals surface area contributed by atoms with Crippen LogP contribution < -0.4 is 0 Å². The van der Waals surface area contributed by atoms with E-state index in [0.717, 1.165) is 38.5 Å². The number of carbonyl (C=O) groups excluding carboxylic acids is 3. The second-order valence-electron chi connectivity index (χ2n) is 13.5. The summed E-state index contributed by atoms with van der Waals surface area (Å²) in [5.74, 6) is -1.33. The minimum atomic E-state index is -1.05. The molecule has 0 unspecified atom stereocenters. The maximum atomic E-state index is 12.4. The summed E-state index contributed by atoms with van der Waals surface area (Å²) in [6, 6.07) is 0.